The molecule has 2 aromatic rings. The van der Waals surface area contributed by atoms with Crippen LogP contribution in [0.4, 0.5) is 8.78 Å². The molecular weight excluding hydrogens is 454 g/mol. The zero-order chi connectivity index (χ0) is 25.4. The molecule has 0 saturated heterocycles. The standard InChI is InChI=1S/C24H16F2O8/c1-5-18(27)31-13-9-10-14(15(11-13)32-19(28)6-2)22-16(33-20(29)7-3)12-17(23(25)24(22)26)34-21(30)8-4/h5-12H,1-4H2. The number of carbonyl (C=O) groups excluding carboxylic acids is 4. The zero-order valence-corrected chi connectivity index (χ0v) is 17.5. The van der Waals surface area contributed by atoms with E-state index < -0.39 is 58.3 Å². The van der Waals surface area contributed by atoms with Crippen molar-refractivity contribution < 1.29 is 46.9 Å². The quantitative estimate of drug-likeness (QED) is 0.308. The van der Waals surface area contributed by atoms with Crippen LogP contribution in [0.3, 0.4) is 0 Å². The minimum atomic E-state index is -1.62. The topological polar surface area (TPSA) is 105 Å². The SMILES string of the molecule is C=CC(=O)Oc1ccc(-c2c(OC(=O)C=C)cc(OC(=O)C=C)c(F)c2F)c(OC(=O)C=C)c1. The van der Waals surface area contributed by atoms with Crippen LogP contribution in [0.25, 0.3) is 11.1 Å². The van der Waals surface area contributed by atoms with Gasteiger partial charge in [-0.1, -0.05) is 26.3 Å². The number of carbonyl (C=O) groups is 4. The van der Waals surface area contributed by atoms with Gasteiger partial charge in [0, 0.05) is 42.0 Å². The van der Waals surface area contributed by atoms with E-state index in [9.17, 15) is 23.6 Å². The van der Waals surface area contributed by atoms with Crippen LogP contribution >= 0.6 is 0 Å². The Morgan fingerprint density at radius 3 is 1.62 bits per heavy atom. The van der Waals surface area contributed by atoms with E-state index >= 15 is 4.39 Å². The van der Waals surface area contributed by atoms with Crippen LogP contribution in [0.1, 0.15) is 0 Å². The number of hydrogen-bond donors (Lipinski definition) is 0. The molecule has 34 heavy (non-hydrogen) atoms. The Balaban J connectivity index is 2.81. The molecule has 0 spiro atoms. The average Bonchev–Trinajstić information content (AvgIpc) is 2.82. The van der Waals surface area contributed by atoms with Gasteiger partial charge < -0.3 is 18.9 Å². The highest BCUT2D eigenvalue weighted by molar-refractivity contribution is 5.90. The Kier molecular flexibility index (Phi) is 8.32. The van der Waals surface area contributed by atoms with Crippen molar-refractivity contribution in [2.75, 3.05) is 0 Å². The van der Waals surface area contributed by atoms with Crippen LogP contribution in [0, 0.1) is 11.6 Å². The van der Waals surface area contributed by atoms with Gasteiger partial charge in [-0.25, -0.2) is 23.6 Å². The second-order valence-electron chi connectivity index (χ2n) is 6.03. The normalized spacial score (nSPS) is 9.82. The molecule has 2 aromatic carbocycles. The third-order valence-electron chi connectivity index (χ3n) is 3.88. The van der Waals surface area contributed by atoms with E-state index in [2.05, 4.69) is 31.1 Å². The summed E-state index contributed by atoms with van der Waals surface area (Å²) in [6.45, 7) is 12.9. The maximum Gasteiger partial charge on any atom is 0.335 e. The molecular formula is C24H16F2O8. The lowest BCUT2D eigenvalue weighted by molar-refractivity contribution is -0.130. The summed E-state index contributed by atoms with van der Waals surface area (Å²) < 4.78 is 49.6. The lowest BCUT2D eigenvalue weighted by atomic mass is 10.0. The summed E-state index contributed by atoms with van der Waals surface area (Å²) in [5, 5.41) is 0. The van der Waals surface area contributed by atoms with Crippen molar-refractivity contribution in [3.63, 3.8) is 0 Å². The van der Waals surface area contributed by atoms with Crippen LogP contribution in [0.15, 0.2) is 74.9 Å². The van der Waals surface area contributed by atoms with Gasteiger partial charge in [-0.15, -0.1) is 0 Å². The van der Waals surface area contributed by atoms with E-state index in [0.717, 1.165) is 36.4 Å². The van der Waals surface area contributed by atoms with Crippen LogP contribution < -0.4 is 18.9 Å². The number of rotatable bonds is 9. The summed E-state index contributed by atoms with van der Waals surface area (Å²) in [6, 6.07) is 4.04. The molecule has 0 aromatic heterocycles. The number of halogens is 2. The monoisotopic (exact) mass is 470 g/mol. The lowest BCUT2D eigenvalue weighted by Gasteiger charge is -2.17. The number of esters is 4. The number of ether oxygens (including phenoxy) is 4. The van der Waals surface area contributed by atoms with E-state index in [1.807, 2.05) is 0 Å². The molecule has 0 unspecified atom stereocenters. The maximum absolute atomic E-state index is 15.2. The number of benzene rings is 2. The second kappa shape index (κ2) is 11.1. The van der Waals surface area contributed by atoms with Crippen molar-refractivity contribution in [2.24, 2.45) is 0 Å². The Morgan fingerprint density at radius 2 is 1.09 bits per heavy atom. The zero-order valence-electron chi connectivity index (χ0n) is 17.5. The Labute approximate surface area is 192 Å². The highest BCUT2D eigenvalue weighted by Gasteiger charge is 2.27. The summed E-state index contributed by atoms with van der Waals surface area (Å²) in [4.78, 5) is 46.6. The molecule has 0 amide bonds. The van der Waals surface area contributed by atoms with Gasteiger partial charge in [0.15, 0.2) is 11.6 Å². The molecule has 0 aliphatic carbocycles. The molecule has 10 heteroatoms. The van der Waals surface area contributed by atoms with E-state index in [1.54, 1.807) is 0 Å². The van der Waals surface area contributed by atoms with Gasteiger partial charge in [-0.2, -0.15) is 4.39 Å². The highest BCUT2D eigenvalue weighted by atomic mass is 19.2. The van der Waals surface area contributed by atoms with Gasteiger partial charge >= 0.3 is 23.9 Å². The first kappa shape index (κ1) is 25.4. The van der Waals surface area contributed by atoms with Gasteiger partial charge in [-0.3, -0.25) is 0 Å². The fourth-order valence-corrected chi connectivity index (χ4v) is 2.45. The van der Waals surface area contributed by atoms with Crippen molar-refractivity contribution >= 4 is 23.9 Å². The molecule has 174 valence electrons. The smallest absolute Gasteiger partial charge is 0.335 e. The molecule has 0 saturated carbocycles. The third kappa shape index (κ3) is 5.88. The van der Waals surface area contributed by atoms with Gasteiger partial charge in [0.2, 0.25) is 5.82 Å². The molecule has 0 aliphatic heterocycles. The summed E-state index contributed by atoms with van der Waals surface area (Å²) >= 11 is 0. The molecule has 0 bridgehead atoms. The summed E-state index contributed by atoms with van der Waals surface area (Å²) in [7, 11) is 0. The van der Waals surface area contributed by atoms with Crippen LogP contribution in [0.2, 0.25) is 0 Å². The molecule has 0 radical (unpaired) electrons. The van der Waals surface area contributed by atoms with Crippen molar-refractivity contribution in [1.29, 1.82) is 0 Å². The van der Waals surface area contributed by atoms with Crippen LogP contribution in [0.5, 0.6) is 23.0 Å². The van der Waals surface area contributed by atoms with E-state index in [-0.39, 0.29) is 11.3 Å². The number of hydrogen-bond acceptors (Lipinski definition) is 8. The molecule has 8 nitrogen and oxygen atoms in total. The average molecular weight is 470 g/mol. The third-order valence-corrected chi connectivity index (χ3v) is 3.88. The first-order chi connectivity index (χ1) is 16.1. The molecule has 0 heterocycles. The molecule has 2 rings (SSSR count). The Morgan fingerprint density at radius 1 is 0.618 bits per heavy atom. The second-order valence-corrected chi connectivity index (χ2v) is 6.03. The first-order valence-corrected chi connectivity index (χ1v) is 9.18. The maximum atomic E-state index is 15.2. The minimum absolute atomic E-state index is 0.137. The van der Waals surface area contributed by atoms with Crippen molar-refractivity contribution in [3.05, 3.63) is 86.5 Å². The van der Waals surface area contributed by atoms with E-state index in [4.69, 9.17) is 14.2 Å². The molecule has 0 aliphatic rings. The molecule has 0 atom stereocenters. The van der Waals surface area contributed by atoms with Gasteiger partial charge in [0.25, 0.3) is 0 Å². The Hall–Kier alpha value is -4.86. The fraction of sp³-hybridized carbons (Fsp3) is 0. The van der Waals surface area contributed by atoms with Crippen molar-refractivity contribution in [1.82, 2.24) is 0 Å². The summed E-state index contributed by atoms with van der Waals surface area (Å²) in [6.07, 6.45) is 3.11. The summed E-state index contributed by atoms with van der Waals surface area (Å²) in [5.74, 6) is -9.31. The predicted octanol–water partition coefficient (Wildman–Crippen LogP) is 4.00. The molecule has 0 N–H and O–H groups in total. The van der Waals surface area contributed by atoms with Crippen molar-refractivity contribution in [3.8, 4) is 34.1 Å². The van der Waals surface area contributed by atoms with Crippen LogP contribution in [-0.4, -0.2) is 23.9 Å². The molecule has 0 fully saturated rings. The lowest BCUT2D eigenvalue weighted by Crippen LogP contribution is -2.11. The van der Waals surface area contributed by atoms with Crippen molar-refractivity contribution in [2.45, 2.75) is 0 Å². The van der Waals surface area contributed by atoms with Gasteiger partial charge in [0.05, 0.1) is 5.56 Å². The largest absolute Gasteiger partial charge is 0.423 e. The Bertz CT molecular complexity index is 1230. The van der Waals surface area contributed by atoms with E-state index in [0.29, 0.717) is 6.08 Å². The minimum Gasteiger partial charge on any atom is -0.423 e. The van der Waals surface area contributed by atoms with E-state index in [1.165, 1.54) is 6.07 Å². The van der Waals surface area contributed by atoms with Crippen LogP contribution in [-0.2, 0) is 19.2 Å². The summed E-state index contributed by atoms with van der Waals surface area (Å²) in [5.41, 5.74) is -0.974. The van der Waals surface area contributed by atoms with Gasteiger partial charge in [-0.05, 0) is 12.1 Å². The fourth-order valence-electron chi connectivity index (χ4n) is 2.45. The first-order valence-electron chi connectivity index (χ1n) is 9.18. The van der Waals surface area contributed by atoms with Gasteiger partial charge in [0.1, 0.15) is 17.2 Å². The predicted molar refractivity (Wildman–Crippen MR) is 115 cm³/mol. The highest BCUT2D eigenvalue weighted by Crippen LogP contribution is 2.44.